The lowest BCUT2D eigenvalue weighted by Gasteiger charge is -2.26. The second kappa shape index (κ2) is 5.98. The number of hydrogen-bond donors (Lipinski definition) is 3. The quantitative estimate of drug-likeness (QED) is 0.560. The number of carbonyl (C=O) groups is 1. The lowest BCUT2D eigenvalue weighted by Crippen LogP contribution is -2.44. The third kappa shape index (κ3) is 4.07. The average molecular weight is 200 g/mol. The van der Waals surface area contributed by atoms with E-state index in [1.54, 1.807) is 0 Å². The van der Waals surface area contributed by atoms with Crippen molar-refractivity contribution in [2.75, 3.05) is 19.6 Å². The highest BCUT2D eigenvalue weighted by Crippen LogP contribution is 2.07. The van der Waals surface area contributed by atoms with E-state index in [-0.39, 0.29) is 12.0 Å². The van der Waals surface area contributed by atoms with Crippen LogP contribution in [0.2, 0.25) is 0 Å². The summed E-state index contributed by atoms with van der Waals surface area (Å²) in [6.45, 7) is 4.45. The molecule has 1 atom stereocenters. The van der Waals surface area contributed by atoms with Crippen molar-refractivity contribution in [1.82, 2.24) is 10.6 Å². The molecule has 0 aromatic heterocycles. The van der Waals surface area contributed by atoms with Crippen LogP contribution in [0.4, 0.5) is 0 Å². The van der Waals surface area contributed by atoms with Crippen molar-refractivity contribution < 1.29 is 9.90 Å². The molecule has 0 spiro atoms. The fourth-order valence-electron chi connectivity index (χ4n) is 1.41. The summed E-state index contributed by atoms with van der Waals surface area (Å²) >= 11 is 0. The Morgan fingerprint density at radius 1 is 1.64 bits per heavy atom. The molecule has 1 saturated heterocycles. The fraction of sp³-hybridized carbons (Fsp3) is 0.900. The van der Waals surface area contributed by atoms with E-state index in [0.29, 0.717) is 25.3 Å². The first kappa shape index (κ1) is 11.5. The second-order valence-corrected chi connectivity index (χ2v) is 3.93. The zero-order valence-corrected chi connectivity index (χ0v) is 8.75. The van der Waals surface area contributed by atoms with Crippen LogP contribution < -0.4 is 10.6 Å². The van der Waals surface area contributed by atoms with Crippen LogP contribution in [0, 0.1) is 5.92 Å². The highest BCUT2D eigenvalue weighted by Gasteiger charge is 2.19. The van der Waals surface area contributed by atoms with Gasteiger partial charge in [0.25, 0.3) is 0 Å². The smallest absolute Gasteiger partial charge is 0.220 e. The molecular weight excluding hydrogens is 180 g/mol. The minimum absolute atomic E-state index is 0.111. The second-order valence-electron chi connectivity index (χ2n) is 3.93. The number of carbonyl (C=O) groups excluding carboxylic acids is 1. The Morgan fingerprint density at radius 3 is 2.86 bits per heavy atom. The molecule has 1 heterocycles. The summed E-state index contributed by atoms with van der Waals surface area (Å²) < 4.78 is 0. The number of amides is 1. The predicted molar refractivity (Wildman–Crippen MR) is 54.9 cm³/mol. The molecule has 3 N–H and O–H groups in total. The average Bonchev–Trinajstić information content (AvgIpc) is 2.11. The van der Waals surface area contributed by atoms with Crippen molar-refractivity contribution in [1.29, 1.82) is 0 Å². The molecule has 4 heteroatoms. The van der Waals surface area contributed by atoms with Gasteiger partial charge in [-0.2, -0.15) is 0 Å². The van der Waals surface area contributed by atoms with Gasteiger partial charge in [0.05, 0.1) is 6.10 Å². The van der Waals surface area contributed by atoms with Gasteiger partial charge in [-0.1, -0.05) is 6.92 Å². The predicted octanol–water partition coefficient (Wildman–Crippen LogP) is -0.127. The van der Waals surface area contributed by atoms with E-state index in [0.717, 1.165) is 19.5 Å². The van der Waals surface area contributed by atoms with Gasteiger partial charge in [0.15, 0.2) is 0 Å². The minimum atomic E-state index is -0.277. The van der Waals surface area contributed by atoms with Crippen LogP contribution >= 0.6 is 0 Å². The van der Waals surface area contributed by atoms with Crippen LogP contribution in [0.1, 0.15) is 26.2 Å². The topological polar surface area (TPSA) is 61.4 Å². The van der Waals surface area contributed by atoms with E-state index in [9.17, 15) is 9.90 Å². The molecule has 82 valence electrons. The van der Waals surface area contributed by atoms with Gasteiger partial charge in [-0.15, -0.1) is 0 Å². The first-order chi connectivity index (χ1) is 6.72. The third-order valence-electron chi connectivity index (χ3n) is 2.61. The van der Waals surface area contributed by atoms with E-state index in [1.807, 2.05) is 6.92 Å². The van der Waals surface area contributed by atoms with E-state index in [4.69, 9.17) is 0 Å². The van der Waals surface area contributed by atoms with Crippen LogP contribution in [-0.4, -0.2) is 36.8 Å². The van der Waals surface area contributed by atoms with Crippen LogP contribution in [0.25, 0.3) is 0 Å². The molecule has 0 saturated carbocycles. The van der Waals surface area contributed by atoms with Crippen molar-refractivity contribution >= 4 is 5.91 Å². The van der Waals surface area contributed by atoms with Crippen LogP contribution in [0.15, 0.2) is 0 Å². The lowest BCUT2D eigenvalue weighted by molar-refractivity contribution is -0.122. The highest BCUT2D eigenvalue weighted by atomic mass is 16.3. The number of rotatable bonds is 6. The number of aliphatic hydroxyl groups excluding tert-OH is 1. The van der Waals surface area contributed by atoms with Crippen molar-refractivity contribution in [3.8, 4) is 0 Å². The summed E-state index contributed by atoms with van der Waals surface area (Å²) in [5.41, 5.74) is 0. The summed E-state index contributed by atoms with van der Waals surface area (Å²) in [5.74, 6) is 0.630. The van der Waals surface area contributed by atoms with Gasteiger partial charge in [0.1, 0.15) is 0 Å². The third-order valence-corrected chi connectivity index (χ3v) is 2.61. The molecule has 1 aliphatic heterocycles. The first-order valence-electron chi connectivity index (χ1n) is 5.37. The molecule has 14 heavy (non-hydrogen) atoms. The van der Waals surface area contributed by atoms with Crippen molar-refractivity contribution in [3.63, 3.8) is 0 Å². The van der Waals surface area contributed by atoms with E-state index < -0.39 is 0 Å². The molecule has 1 fully saturated rings. The zero-order chi connectivity index (χ0) is 10.4. The van der Waals surface area contributed by atoms with Gasteiger partial charge in [0, 0.05) is 13.0 Å². The van der Waals surface area contributed by atoms with E-state index in [1.165, 1.54) is 0 Å². The van der Waals surface area contributed by atoms with Crippen LogP contribution in [0.3, 0.4) is 0 Å². The van der Waals surface area contributed by atoms with Crippen LogP contribution in [-0.2, 0) is 4.79 Å². The molecule has 0 radical (unpaired) electrons. The Morgan fingerprint density at radius 2 is 2.36 bits per heavy atom. The van der Waals surface area contributed by atoms with Crippen molar-refractivity contribution in [2.45, 2.75) is 32.3 Å². The highest BCUT2D eigenvalue weighted by molar-refractivity contribution is 5.76. The zero-order valence-electron chi connectivity index (χ0n) is 8.75. The van der Waals surface area contributed by atoms with Crippen molar-refractivity contribution in [2.24, 2.45) is 5.92 Å². The number of nitrogens with one attached hydrogen (secondary N) is 2. The fourth-order valence-corrected chi connectivity index (χ4v) is 1.41. The van der Waals surface area contributed by atoms with Crippen molar-refractivity contribution in [3.05, 3.63) is 0 Å². The molecule has 0 bridgehead atoms. The first-order valence-corrected chi connectivity index (χ1v) is 5.37. The lowest BCUT2D eigenvalue weighted by atomic mass is 9.99. The minimum Gasteiger partial charge on any atom is -0.393 e. The summed E-state index contributed by atoms with van der Waals surface area (Å²) in [5, 5.41) is 15.2. The van der Waals surface area contributed by atoms with Gasteiger partial charge in [-0.05, 0) is 31.8 Å². The van der Waals surface area contributed by atoms with Gasteiger partial charge < -0.3 is 15.7 Å². The Kier molecular flexibility index (Phi) is 4.90. The molecule has 0 aliphatic carbocycles. The van der Waals surface area contributed by atoms with E-state index in [2.05, 4.69) is 10.6 Å². The van der Waals surface area contributed by atoms with Crippen LogP contribution in [0.5, 0.6) is 0 Å². The largest absolute Gasteiger partial charge is 0.393 e. The summed E-state index contributed by atoms with van der Waals surface area (Å²) in [6, 6.07) is 0. The Bertz CT molecular complexity index is 181. The van der Waals surface area contributed by atoms with E-state index >= 15 is 0 Å². The number of aliphatic hydroxyl groups is 1. The summed E-state index contributed by atoms with van der Waals surface area (Å²) in [6.07, 6.45) is 1.75. The SMILES string of the molecule is CCC(O)CCNC(=O)CC1CNC1. The standard InChI is InChI=1S/C10H20N2O2/c1-2-9(13)3-4-12-10(14)5-8-6-11-7-8/h8-9,11,13H,2-7H2,1H3,(H,12,14). The molecule has 0 aromatic rings. The van der Waals surface area contributed by atoms with Gasteiger partial charge >= 0.3 is 0 Å². The van der Waals surface area contributed by atoms with Gasteiger partial charge in [-0.3, -0.25) is 4.79 Å². The molecule has 1 rings (SSSR count). The molecule has 0 aromatic carbocycles. The molecule has 1 unspecified atom stereocenters. The Hall–Kier alpha value is -0.610. The number of hydrogen-bond acceptors (Lipinski definition) is 3. The monoisotopic (exact) mass is 200 g/mol. The normalized spacial score (nSPS) is 18.7. The van der Waals surface area contributed by atoms with Gasteiger partial charge in [-0.25, -0.2) is 0 Å². The van der Waals surface area contributed by atoms with Gasteiger partial charge in [0.2, 0.25) is 5.91 Å². The summed E-state index contributed by atoms with van der Waals surface area (Å²) in [4.78, 5) is 11.3. The Labute approximate surface area is 85.1 Å². The maximum absolute atomic E-state index is 11.3. The molecule has 1 aliphatic rings. The molecular formula is C10H20N2O2. The summed E-state index contributed by atoms with van der Waals surface area (Å²) in [7, 11) is 0. The maximum Gasteiger partial charge on any atom is 0.220 e. The molecule has 4 nitrogen and oxygen atoms in total. The Balaban J connectivity index is 1.97. The maximum atomic E-state index is 11.3. The molecule has 1 amide bonds.